The molecule has 1 heterocycles. The van der Waals surface area contributed by atoms with Crippen molar-refractivity contribution in [2.75, 3.05) is 13.2 Å². The molecule has 1 aliphatic carbocycles. The SMILES string of the molecule is Cc1ccc(CNC(=O)C2CCC2C(=O)O)c(OCC2CCCO2)c1. The van der Waals surface area contributed by atoms with E-state index < -0.39 is 17.8 Å². The molecule has 136 valence electrons. The zero-order chi connectivity index (χ0) is 17.8. The molecule has 1 aromatic carbocycles. The highest BCUT2D eigenvalue weighted by Crippen LogP contribution is 2.34. The number of carboxylic acid groups (broad SMARTS) is 1. The lowest BCUT2D eigenvalue weighted by Gasteiger charge is -2.32. The molecule has 3 rings (SSSR count). The van der Waals surface area contributed by atoms with E-state index in [1.54, 1.807) is 0 Å². The van der Waals surface area contributed by atoms with Crippen LogP contribution in [-0.2, 0) is 20.9 Å². The van der Waals surface area contributed by atoms with Crippen LogP contribution >= 0.6 is 0 Å². The molecule has 1 aromatic rings. The van der Waals surface area contributed by atoms with Crippen molar-refractivity contribution in [2.45, 2.75) is 45.3 Å². The number of aryl methyl sites for hydroxylation is 1. The zero-order valence-electron chi connectivity index (χ0n) is 14.5. The molecular weight excluding hydrogens is 322 g/mol. The minimum Gasteiger partial charge on any atom is -0.491 e. The first-order valence-corrected chi connectivity index (χ1v) is 8.89. The first-order valence-electron chi connectivity index (χ1n) is 8.89. The molecular formula is C19H25NO5. The summed E-state index contributed by atoms with van der Waals surface area (Å²) in [5.74, 6) is -1.29. The van der Waals surface area contributed by atoms with Crippen molar-refractivity contribution in [1.82, 2.24) is 5.32 Å². The van der Waals surface area contributed by atoms with Gasteiger partial charge < -0.3 is 19.9 Å². The monoisotopic (exact) mass is 347 g/mol. The Labute approximate surface area is 147 Å². The summed E-state index contributed by atoms with van der Waals surface area (Å²) < 4.78 is 11.5. The van der Waals surface area contributed by atoms with E-state index in [2.05, 4.69) is 5.32 Å². The smallest absolute Gasteiger partial charge is 0.307 e. The number of hydrogen-bond acceptors (Lipinski definition) is 4. The first-order chi connectivity index (χ1) is 12.0. The fourth-order valence-corrected chi connectivity index (χ4v) is 3.32. The minimum absolute atomic E-state index is 0.134. The summed E-state index contributed by atoms with van der Waals surface area (Å²) in [6.07, 6.45) is 3.43. The molecule has 2 aliphatic rings. The van der Waals surface area contributed by atoms with Crippen molar-refractivity contribution < 1.29 is 24.2 Å². The van der Waals surface area contributed by atoms with Gasteiger partial charge >= 0.3 is 5.97 Å². The minimum atomic E-state index is -0.887. The summed E-state index contributed by atoms with van der Waals surface area (Å²) in [7, 11) is 0. The van der Waals surface area contributed by atoms with Crippen molar-refractivity contribution in [2.24, 2.45) is 11.8 Å². The number of carbonyl (C=O) groups is 2. The number of aliphatic carboxylic acids is 1. The van der Waals surface area contributed by atoms with Crippen LogP contribution in [-0.4, -0.2) is 36.3 Å². The molecule has 1 amide bonds. The van der Waals surface area contributed by atoms with Gasteiger partial charge in [-0.1, -0.05) is 12.1 Å². The van der Waals surface area contributed by atoms with E-state index in [9.17, 15) is 9.59 Å². The Bertz CT molecular complexity index is 639. The third-order valence-electron chi connectivity index (χ3n) is 5.05. The van der Waals surface area contributed by atoms with Gasteiger partial charge in [0.25, 0.3) is 0 Å². The lowest BCUT2D eigenvalue weighted by atomic mass is 9.73. The molecule has 3 unspecified atom stereocenters. The molecule has 3 atom stereocenters. The van der Waals surface area contributed by atoms with Gasteiger partial charge in [0.1, 0.15) is 12.4 Å². The van der Waals surface area contributed by atoms with E-state index in [-0.39, 0.29) is 12.0 Å². The predicted octanol–water partition coefficient (Wildman–Crippen LogP) is 2.28. The fourth-order valence-electron chi connectivity index (χ4n) is 3.32. The van der Waals surface area contributed by atoms with Crippen LogP contribution in [0, 0.1) is 18.8 Å². The Hall–Kier alpha value is -2.08. The van der Waals surface area contributed by atoms with Gasteiger partial charge in [-0.15, -0.1) is 0 Å². The van der Waals surface area contributed by atoms with E-state index >= 15 is 0 Å². The second kappa shape index (κ2) is 7.87. The van der Waals surface area contributed by atoms with E-state index in [1.807, 2.05) is 25.1 Å². The normalized spacial score (nSPS) is 25.2. The van der Waals surface area contributed by atoms with Gasteiger partial charge in [-0.05, 0) is 44.2 Å². The second-order valence-electron chi connectivity index (χ2n) is 6.90. The van der Waals surface area contributed by atoms with Crippen molar-refractivity contribution in [1.29, 1.82) is 0 Å². The summed E-state index contributed by atoms with van der Waals surface area (Å²) in [6.45, 7) is 3.63. The topological polar surface area (TPSA) is 84.9 Å². The summed E-state index contributed by atoms with van der Waals surface area (Å²) in [6, 6.07) is 5.87. The maximum atomic E-state index is 12.2. The zero-order valence-corrected chi connectivity index (χ0v) is 14.5. The average molecular weight is 347 g/mol. The van der Waals surface area contributed by atoms with Crippen molar-refractivity contribution in [3.05, 3.63) is 29.3 Å². The number of carbonyl (C=O) groups excluding carboxylic acids is 1. The molecule has 25 heavy (non-hydrogen) atoms. The number of nitrogens with one attached hydrogen (secondary N) is 1. The van der Waals surface area contributed by atoms with E-state index in [1.165, 1.54) is 0 Å². The molecule has 0 radical (unpaired) electrons. The average Bonchev–Trinajstić information content (AvgIpc) is 3.03. The van der Waals surface area contributed by atoms with E-state index in [0.29, 0.717) is 26.0 Å². The van der Waals surface area contributed by atoms with Crippen molar-refractivity contribution in [3.8, 4) is 5.75 Å². The van der Waals surface area contributed by atoms with Gasteiger partial charge in [0.05, 0.1) is 17.9 Å². The van der Waals surface area contributed by atoms with Crippen LogP contribution in [0.4, 0.5) is 0 Å². The Balaban J connectivity index is 1.57. The summed E-state index contributed by atoms with van der Waals surface area (Å²) in [5, 5.41) is 11.9. The number of hydrogen-bond donors (Lipinski definition) is 2. The van der Waals surface area contributed by atoms with Crippen LogP contribution in [0.3, 0.4) is 0 Å². The Morgan fingerprint density at radius 3 is 2.72 bits per heavy atom. The van der Waals surface area contributed by atoms with Gasteiger partial charge in [0, 0.05) is 18.7 Å². The first kappa shape index (κ1) is 17.7. The largest absolute Gasteiger partial charge is 0.491 e. The van der Waals surface area contributed by atoms with Crippen LogP contribution in [0.2, 0.25) is 0 Å². The third kappa shape index (κ3) is 4.31. The van der Waals surface area contributed by atoms with Gasteiger partial charge in [0.15, 0.2) is 0 Å². The Kier molecular flexibility index (Phi) is 5.58. The molecule has 2 fully saturated rings. The summed E-state index contributed by atoms with van der Waals surface area (Å²) in [5.41, 5.74) is 1.98. The number of rotatable bonds is 7. The highest BCUT2D eigenvalue weighted by molar-refractivity contribution is 5.86. The molecule has 1 saturated heterocycles. The van der Waals surface area contributed by atoms with Gasteiger partial charge in [-0.3, -0.25) is 9.59 Å². The van der Waals surface area contributed by atoms with Gasteiger partial charge in [0.2, 0.25) is 5.91 Å². The van der Waals surface area contributed by atoms with Crippen molar-refractivity contribution >= 4 is 11.9 Å². The van der Waals surface area contributed by atoms with Crippen LogP contribution in [0.5, 0.6) is 5.75 Å². The number of carboxylic acids is 1. The summed E-state index contributed by atoms with van der Waals surface area (Å²) >= 11 is 0. The molecule has 0 aromatic heterocycles. The highest BCUT2D eigenvalue weighted by atomic mass is 16.5. The number of amides is 1. The molecule has 2 N–H and O–H groups in total. The second-order valence-corrected chi connectivity index (χ2v) is 6.90. The van der Waals surface area contributed by atoms with Gasteiger partial charge in [-0.25, -0.2) is 0 Å². The van der Waals surface area contributed by atoms with Crippen LogP contribution in [0.25, 0.3) is 0 Å². The van der Waals surface area contributed by atoms with Gasteiger partial charge in [-0.2, -0.15) is 0 Å². The third-order valence-corrected chi connectivity index (χ3v) is 5.05. The molecule has 1 aliphatic heterocycles. The Morgan fingerprint density at radius 1 is 1.28 bits per heavy atom. The lowest BCUT2D eigenvalue weighted by molar-refractivity contribution is -0.152. The molecule has 1 saturated carbocycles. The molecule has 6 heteroatoms. The van der Waals surface area contributed by atoms with E-state index in [0.717, 1.165) is 36.3 Å². The maximum absolute atomic E-state index is 12.2. The maximum Gasteiger partial charge on any atom is 0.307 e. The summed E-state index contributed by atoms with van der Waals surface area (Å²) in [4.78, 5) is 23.3. The lowest BCUT2D eigenvalue weighted by Crippen LogP contribution is -2.43. The molecule has 0 spiro atoms. The highest BCUT2D eigenvalue weighted by Gasteiger charge is 2.41. The Morgan fingerprint density at radius 2 is 2.08 bits per heavy atom. The predicted molar refractivity (Wildman–Crippen MR) is 91.3 cm³/mol. The standard InChI is InChI=1S/C19H25NO5/c1-12-4-5-13(17(9-12)25-11-14-3-2-8-24-14)10-20-18(21)15-6-7-16(15)19(22)23/h4-5,9,14-16H,2-3,6-8,10-11H2,1H3,(H,20,21)(H,22,23). The number of benzene rings is 1. The van der Waals surface area contributed by atoms with Crippen molar-refractivity contribution in [3.63, 3.8) is 0 Å². The van der Waals surface area contributed by atoms with Crippen LogP contribution < -0.4 is 10.1 Å². The van der Waals surface area contributed by atoms with Crippen LogP contribution in [0.15, 0.2) is 18.2 Å². The van der Waals surface area contributed by atoms with Crippen LogP contribution in [0.1, 0.15) is 36.8 Å². The fraction of sp³-hybridized carbons (Fsp3) is 0.579. The van der Waals surface area contributed by atoms with E-state index in [4.69, 9.17) is 14.6 Å². The number of ether oxygens (including phenoxy) is 2. The molecule has 0 bridgehead atoms. The quantitative estimate of drug-likeness (QED) is 0.790. The molecule has 6 nitrogen and oxygen atoms in total.